The fourth-order valence-corrected chi connectivity index (χ4v) is 2.28. The maximum Gasteiger partial charge on any atom is 0.261 e. The molecular weight excluding hydrogens is 276 g/mol. The van der Waals surface area contributed by atoms with E-state index in [1.165, 1.54) is 12.1 Å². The molecule has 0 radical (unpaired) electrons. The molecule has 0 amide bonds. The molecule has 0 N–H and O–H groups in total. The molecule has 1 aromatic carbocycles. The number of hydrogen-bond acceptors (Lipinski definition) is 4. The van der Waals surface area contributed by atoms with Crippen LogP contribution < -0.4 is 4.74 Å². The minimum absolute atomic E-state index is 0.00326. The van der Waals surface area contributed by atoms with E-state index < -0.39 is 9.05 Å². The lowest BCUT2D eigenvalue weighted by molar-refractivity contribution is 0.337. The minimum Gasteiger partial charge on any atom is -0.492 e. The SMILES string of the molecule is CCOc1cc(S(=O)(=O)Cl)ccc1-n1cccn1. The average Bonchev–Trinajstić information content (AvgIpc) is 2.81. The molecule has 0 atom stereocenters. The van der Waals surface area contributed by atoms with Crippen LogP contribution >= 0.6 is 10.7 Å². The lowest BCUT2D eigenvalue weighted by atomic mass is 10.3. The van der Waals surface area contributed by atoms with E-state index in [0.29, 0.717) is 18.0 Å². The van der Waals surface area contributed by atoms with E-state index in [2.05, 4.69) is 5.10 Å². The van der Waals surface area contributed by atoms with Crippen LogP contribution in [0.15, 0.2) is 41.6 Å². The van der Waals surface area contributed by atoms with Gasteiger partial charge >= 0.3 is 0 Å². The highest BCUT2D eigenvalue weighted by Gasteiger charge is 2.14. The molecule has 96 valence electrons. The van der Waals surface area contributed by atoms with Gasteiger partial charge in [-0.15, -0.1) is 0 Å². The van der Waals surface area contributed by atoms with Crippen molar-refractivity contribution in [2.75, 3.05) is 6.61 Å². The highest BCUT2D eigenvalue weighted by atomic mass is 35.7. The number of halogens is 1. The van der Waals surface area contributed by atoms with Crippen LogP contribution in [-0.4, -0.2) is 24.8 Å². The maximum absolute atomic E-state index is 11.3. The second-order valence-corrected chi connectivity index (χ2v) is 6.02. The number of hydrogen-bond donors (Lipinski definition) is 0. The first-order valence-corrected chi connectivity index (χ1v) is 7.55. The highest BCUT2D eigenvalue weighted by Crippen LogP contribution is 2.27. The van der Waals surface area contributed by atoms with Crippen molar-refractivity contribution in [3.8, 4) is 11.4 Å². The number of aromatic nitrogens is 2. The Hall–Kier alpha value is -1.53. The van der Waals surface area contributed by atoms with Crippen LogP contribution in [0.4, 0.5) is 0 Å². The van der Waals surface area contributed by atoms with Crippen LogP contribution in [0.2, 0.25) is 0 Å². The summed E-state index contributed by atoms with van der Waals surface area (Å²) >= 11 is 0. The van der Waals surface area contributed by atoms with E-state index in [1.54, 1.807) is 29.2 Å². The molecule has 0 spiro atoms. The van der Waals surface area contributed by atoms with Gasteiger partial charge in [0, 0.05) is 29.1 Å². The van der Waals surface area contributed by atoms with Gasteiger partial charge in [0.2, 0.25) is 0 Å². The molecule has 1 aromatic heterocycles. The standard InChI is InChI=1S/C11H11ClN2O3S/c1-2-17-11-8-9(18(12,15)16)4-5-10(11)14-7-3-6-13-14/h3-8H,2H2,1H3. The summed E-state index contributed by atoms with van der Waals surface area (Å²) in [5, 5.41) is 4.08. The second-order valence-electron chi connectivity index (χ2n) is 3.45. The molecule has 0 saturated heterocycles. The fourth-order valence-electron chi connectivity index (χ4n) is 1.52. The van der Waals surface area contributed by atoms with Crippen LogP contribution in [-0.2, 0) is 9.05 Å². The molecule has 7 heteroatoms. The normalized spacial score (nSPS) is 11.4. The van der Waals surface area contributed by atoms with E-state index in [4.69, 9.17) is 15.4 Å². The van der Waals surface area contributed by atoms with Crippen LogP contribution in [0, 0.1) is 0 Å². The Kier molecular flexibility index (Phi) is 3.58. The van der Waals surface area contributed by atoms with Gasteiger partial charge < -0.3 is 4.74 Å². The highest BCUT2D eigenvalue weighted by molar-refractivity contribution is 8.13. The summed E-state index contributed by atoms with van der Waals surface area (Å²) in [6.45, 7) is 2.23. The number of ether oxygens (including phenoxy) is 1. The van der Waals surface area contributed by atoms with Gasteiger partial charge in [-0.25, -0.2) is 13.1 Å². The zero-order valence-corrected chi connectivity index (χ0v) is 11.1. The van der Waals surface area contributed by atoms with E-state index in [-0.39, 0.29) is 4.90 Å². The lowest BCUT2D eigenvalue weighted by Crippen LogP contribution is -2.02. The zero-order valence-electron chi connectivity index (χ0n) is 9.58. The first-order valence-electron chi connectivity index (χ1n) is 5.24. The summed E-state index contributed by atoms with van der Waals surface area (Å²) in [6.07, 6.45) is 3.37. The Bertz CT molecular complexity index is 638. The van der Waals surface area contributed by atoms with Crippen LogP contribution in [0.5, 0.6) is 5.75 Å². The van der Waals surface area contributed by atoms with Gasteiger partial charge in [0.25, 0.3) is 9.05 Å². The smallest absolute Gasteiger partial charge is 0.261 e. The molecule has 0 bridgehead atoms. The summed E-state index contributed by atoms with van der Waals surface area (Å²) in [5.74, 6) is 0.419. The Labute approximate surface area is 109 Å². The fraction of sp³-hybridized carbons (Fsp3) is 0.182. The van der Waals surface area contributed by atoms with E-state index in [9.17, 15) is 8.42 Å². The first kappa shape index (κ1) is 12.9. The molecular formula is C11H11ClN2O3S. The van der Waals surface area contributed by atoms with Gasteiger partial charge in [0.15, 0.2) is 0 Å². The Morgan fingerprint density at radius 3 is 2.78 bits per heavy atom. The summed E-state index contributed by atoms with van der Waals surface area (Å²) in [5.41, 5.74) is 0.658. The molecule has 0 aliphatic heterocycles. The van der Waals surface area contributed by atoms with Crippen molar-refractivity contribution >= 4 is 19.7 Å². The molecule has 1 heterocycles. The third-order valence-electron chi connectivity index (χ3n) is 2.26. The topological polar surface area (TPSA) is 61.2 Å². The number of rotatable bonds is 4. The van der Waals surface area contributed by atoms with Gasteiger partial charge in [0.05, 0.1) is 11.5 Å². The number of nitrogens with zero attached hydrogens (tertiary/aromatic N) is 2. The van der Waals surface area contributed by atoms with Gasteiger partial charge in [-0.1, -0.05) is 0 Å². The lowest BCUT2D eigenvalue weighted by Gasteiger charge is -2.11. The van der Waals surface area contributed by atoms with Gasteiger partial charge in [0.1, 0.15) is 11.4 Å². The largest absolute Gasteiger partial charge is 0.492 e. The predicted molar refractivity (Wildman–Crippen MR) is 67.8 cm³/mol. The van der Waals surface area contributed by atoms with Crippen molar-refractivity contribution in [1.82, 2.24) is 9.78 Å². The molecule has 0 saturated carbocycles. The van der Waals surface area contributed by atoms with Gasteiger partial charge in [-0.3, -0.25) is 0 Å². The summed E-state index contributed by atoms with van der Waals surface area (Å²) < 4.78 is 29.6. The van der Waals surface area contributed by atoms with Crippen molar-refractivity contribution < 1.29 is 13.2 Å². The van der Waals surface area contributed by atoms with Crippen molar-refractivity contribution in [1.29, 1.82) is 0 Å². The van der Waals surface area contributed by atoms with Crippen LogP contribution in [0.3, 0.4) is 0 Å². The third kappa shape index (κ3) is 2.65. The molecule has 0 fully saturated rings. The summed E-state index contributed by atoms with van der Waals surface area (Å²) in [6, 6.07) is 6.18. The minimum atomic E-state index is -3.77. The van der Waals surface area contributed by atoms with Crippen molar-refractivity contribution in [3.05, 3.63) is 36.7 Å². The quantitative estimate of drug-likeness (QED) is 0.809. The Balaban J connectivity index is 2.55. The molecule has 2 aromatic rings. The first-order chi connectivity index (χ1) is 8.52. The summed E-state index contributed by atoms with van der Waals surface area (Å²) in [4.78, 5) is 0.00326. The summed E-state index contributed by atoms with van der Waals surface area (Å²) in [7, 11) is 1.54. The predicted octanol–water partition coefficient (Wildman–Crippen LogP) is 2.20. The third-order valence-corrected chi connectivity index (χ3v) is 3.62. The van der Waals surface area contributed by atoms with Gasteiger partial charge in [-0.05, 0) is 25.1 Å². The molecule has 0 unspecified atom stereocenters. The molecule has 0 aliphatic carbocycles. The molecule has 5 nitrogen and oxygen atoms in total. The zero-order chi connectivity index (χ0) is 13.2. The maximum atomic E-state index is 11.3. The van der Waals surface area contributed by atoms with E-state index >= 15 is 0 Å². The van der Waals surface area contributed by atoms with Crippen molar-refractivity contribution in [2.45, 2.75) is 11.8 Å². The van der Waals surface area contributed by atoms with Crippen LogP contribution in [0.1, 0.15) is 6.92 Å². The van der Waals surface area contributed by atoms with E-state index in [0.717, 1.165) is 0 Å². The Morgan fingerprint density at radius 2 is 2.22 bits per heavy atom. The van der Waals surface area contributed by atoms with Crippen LogP contribution in [0.25, 0.3) is 5.69 Å². The van der Waals surface area contributed by atoms with Crippen molar-refractivity contribution in [2.24, 2.45) is 0 Å². The van der Waals surface area contributed by atoms with Crippen molar-refractivity contribution in [3.63, 3.8) is 0 Å². The monoisotopic (exact) mass is 286 g/mol. The second kappa shape index (κ2) is 4.99. The number of benzene rings is 1. The van der Waals surface area contributed by atoms with E-state index in [1.807, 2.05) is 6.92 Å². The molecule has 18 heavy (non-hydrogen) atoms. The molecule has 0 aliphatic rings. The average molecular weight is 287 g/mol. The van der Waals surface area contributed by atoms with Gasteiger partial charge in [-0.2, -0.15) is 5.10 Å². The molecule has 2 rings (SSSR count). The Morgan fingerprint density at radius 1 is 1.44 bits per heavy atom.